The molecule has 76 valence electrons. The van der Waals surface area contributed by atoms with Crippen LogP contribution in [-0.4, -0.2) is 24.8 Å². The predicted molar refractivity (Wildman–Crippen MR) is 57.3 cm³/mol. The zero-order chi connectivity index (χ0) is 9.80. The average molecular weight is 191 g/mol. The highest BCUT2D eigenvalue weighted by Crippen LogP contribution is 2.16. The van der Waals surface area contributed by atoms with Crippen LogP contribution in [0.1, 0.15) is 11.1 Å². The van der Waals surface area contributed by atoms with Gasteiger partial charge in [-0.25, -0.2) is 0 Å². The van der Waals surface area contributed by atoms with Crippen LogP contribution in [0.3, 0.4) is 0 Å². The van der Waals surface area contributed by atoms with Gasteiger partial charge in [0.05, 0.1) is 0 Å². The molecule has 0 aromatic heterocycles. The highest BCUT2D eigenvalue weighted by atomic mass is 16.2. The van der Waals surface area contributed by atoms with Crippen LogP contribution in [0.4, 0.5) is 0 Å². The van der Waals surface area contributed by atoms with Crippen molar-refractivity contribution in [2.24, 2.45) is 5.92 Å². The lowest BCUT2D eigenvalue weighted by molar-refractivity contribution is 0.298. The Bertz CT molecular complexity index is 294. The van der Waals surface area contributed by atoms with Crippen molar-refractivity contribution in [3.05, 3.63) is 35.4 Å². The van der Waals surface area contributed by atoms with Gasteiger partial charge in [0.2, 0.25) is 0 Å². The summed E-state index contributed by atoms with van der Waals surface area (Å²) in [5.74, 6) is 0.801. The molecular formula is C12H17NO. The Morgan fingerprint density at radius 1 is 1.21 bits per heavy atom. The minimum Gasteiger partial charge on any atom is -0.396 e. The van der Waals surface area contributed by atoms with E-state index < -0.39 is 0 Å². The number of hydrogen-bond donors (Lipinski definition) is 2. The van der Waals surface area contributed by atoms with E-state index in [-0.39, 0.29) is 6.61 Å². The summed E-state index contributed by atoms with van der Waals surface area (Å²) in [5.41, 5.74) is 2.72. The molecule has 0 radical (unpaired) electrons. The third kappa shape index (κ3) is 2.14. The van der Waals surface area contributed by atoms with Gasteiger partial charge in [-0.15, -0.1) is 0 Å². The highest BCUT2D eigenvalue weighted by Gasteiger charge is 2.17. The van der Waals surface area contributed by atoms with Crippen molar-refractivity contribution < 1.29 is 5.11 Å². The molecule has 1 aliphatic rings. The summed E-state index contributed by atoms with van der Waals surface area (Å²) in [7, 11) is 0. The summed E-state index contributed by atoms with van der Waals surface area (Å²) in [6.45, 7) is 2.54. The van der Waals surface area contributed by atoms with E-state index in [1.54, 1.807) is 0 Å². The van der Waals surface area contributed by atoms with E-state index in [4.69, 9.17) is 5.11 Å². The Balaban J connectivity index is 2.05. The van der Waals surface area contributed by atoms with Crippen LogP contribution in [0.15, 0.2) is 24.3 Å². The first-order chi connectivity index (χ1) is 6.90. The number of nitrogens with one attached hydrogen (secondary N) is 1. The fraction of sp³-hybridized carbons (Fsp3) is 0.500. The quantitative estimate of drug-likeness (QED) is 0.743. The molecule has 14 heavy (non-hydrogen) atoms. The van der Waals surface area contributed by atoms with Crippen molar-refractivity contribution in [1.82, 2.24) is 5.32 Å². The zero-order valence-corrected chi connectivity index (χ0v) is 8.37. The molecular weight excluding hydrogens is 174 g/mol. The van der Waals surface area contributed by atoms with Crippen molar-refractivity contribution >= 4 is 0 Å². The van der Waals surface area contributed by atoms with E-state index in [1.807, 2.05) is 6.07 Å². The molecule has 0 aliphatic carbocycles. The molecule has 1 aliphatic heterocycles. The van der Waals surface area contributed by atoms with E-state index in [9.17, 15) is 0 Å². The Labute approximate surface area is 85.0 Å². The Kier molecular flexibility index (Phi) is 3.17. The van der Waals surface area contributed by atoms with Gasteiger partial charge >= 0.3 is 0 Å². The second-order valence-electron chi connectivity index (χ2n) is 3.97. The average Bonchev–Trinajstić information content (AvgIpc) is 2.14. The van der Waals surface area contributed by atoms with Gasteiger partial charge in [-0.05, 0) is 43.0 Å². The molecule has 1 aromatic rings. The molecule has 0 spiro atoms. The number of aliphatic hydroxyl groups excluding tert-OH is 1. The Morgan fingerprint density at radius 2 is 1.93 bits per heavy atom. The van der Waals surface area contributed by atoms with Gasteiger partial charge in [-0.1, -0.05) is 24.3 Å². The fourth-order valence-electron chi connectivity index (χ4n) is 1.92. The molecule has 1 fully saturated rings. The number of aliphatic hydroxyl groups is 1. The molecule has 1 aromatic carbocycles. The summed E-state index contributed by atoms with van der Waals surface area (Å²) in [5, 5.41) is 12.2. The van der Waals surface area contributed by atoms with Gasteiger partial charge in [-0.3, -0.25) is 0 Å². The molecule has 0 amide bonds. The molecule has 2 nitrogen and oxygen atoms in total. The van der Waals surface area contributed by atoms with Crippen molar-refractivity contribution in [2.75, 3.05) is 19.7 Å². The van der Waals surface area contributed by atoms with E-state index in [0.29, 0.717) is 0 Å². The largest absolute Gasteiger partial charge is 0.396 e. The summed E-state index contributed by atoms with van der Waals surface area (Å²) in [4.78, 5) is 0. The third-order valence-corrected chi connectivity index (χ3v) is 2.87. The van der Waals surface area contributed by atoms with E-state index >= 15 is 0 Å². The maximum atomic E-state index is 8.94. The SMILES string of the molecule is OCCc1ccccc1CC1CNC1. The number of benzene rings is 1. The second kappa shape index (κ2) is 4.58. The van der Waals surface area contributed by atoms with Crippen LogP contribution in [0.2, 0.25) is 0 Å². The van der Waals surface area contributed by atoms with E-state index in [0.717, 1.165) is 31.8 Å². The van der Waals surface area contributed by atoms with Crippen molar-refractivity contribution in [3.63, 3.8) is 0 Å². The molecule has 2 heteroatoms. The Hall–Kier alpha value is -0.860. The second-order valence-corrected chi connectivity index (χ2v) is 3.97. The molecule has 0 bridgehead atoms. The lowest BCUT2D eigenvalue weighted by Gasteiger charge is -2.27. The first-order valence-electron chi connectivity index (χ1n) is 5.28. The molecule has 0 saturated carbocycles. The van der Waals surface area contributed by atoms with Crippen LogP contribution in [-0.2, 0) is 12.8 Å². The van der Waals surface area contributed by atoms with Gasteiger partial charge < -0.3 is 10.4 Å². The van der Waals surface area contributed by atoms with Crippen LogP contribution in [0.25, 0.3) is 0 Å². The van der Waals surface area contributed by atoms with Crippen LogP contribution in [0.5, 0.6) is 0 Å². The van der Waals surface area contributed by atoms with Crippen molar-refractivity contribution in [3.8, 4) is 0 Å². The summed E-state index contributed by atoms with van der Waals surface area (Å²) >= 11 is 0. The summed E-state index contributed by atoms with van der Waals surface area (Å²) < 4.78 is 0. The third-order valence-electron chi connectivity index (χ3n) is 2.87. The smallest absolute Gasteiger partial charge is 0.0471 e. The van der Waals surface area contributed by atoms with Crippen molar-refractivity contribution in [1.29, 1.82) is 0 Å². The molecule has 2 rings (SSSR count). The lowest BCUT2D eigenvalue weighted by atomic mass is 9.91. The van der Waals surface area contributed by atoms with Gasteiger partial charge in [0, 0.05) is 6.61 Å². The summed E-state index contributed by atoms with van der Waals surface area (Å²) in [6, 6.07) is 8.44. The van der Waals surface area contributed by atoms with Crippen molar-refractivity contribution in [2.45, 2.75) is 12.8 Å². The molecule has 0 unspecified atom stereocenters. The fourth-order valence-corrected chi connectivity index (χ4v) is 1.92. The van der Waals surface area contributed by atoms with Crippen LogP contribution < -0.4 is 5.32 Å². The normalized spacial score (nSPS) is 16.6. The van der Waals surface area contributed by atoms with Crippen LogP contribution in [0, 0.1) is 5.92 Å². The number of hydrogen-bond acceptors (Lipinski definition) is 2. The minimum absolute atomic E-state index is 0.250. The monoisotopic (exact) mass is 191 g/mol. The molecule has 1 saturated heterocycles. The topological polar surface area (TPSA) is 32.3 Å². The zero-order valence-electron chi connectivity index (χ0n) is 8.37. The van der Waals surface area contributed by atoms with Crippen LogP contribution >= 0.6 is 0 Å². The van der Waals surface area contributed by atoms with E-state index in [2.05, 4.69) is 23.5 Å². The first-order valence-corrected chi connectivity index (χ1v) is 5.28. The van der Waals surface area contributed by atoms with Gasteiger partial charge in [0.1, 0.15) is 0 Å². The summed E-state index contributed by atoms with van der Waals surface area (Å²) in [6.07, 6.45) is 1.94. The Morgan fingerprint density at radius 3 is 2.50 bits per heavy atom. The van der Waals surface area contributed by atoms with Gasteiger partial charge in [0.25, 0.3) is 0 Å². The predicted octanol–water partition coefficient (Wildman–Crippen LogP) is 0.983. The molecule has 1 heterocycles. The lowest BCUT2D eigenvalue weighted by Crippen LogP contribution is -2.43. The molecule has 2 N–H and O–H groups in total. The first kappa shape index (κ1) is 9.69. The highest BCUT2D eigenvalue weighted by molar-refractivity contribution is 5.28. The standard InChI is InChI=1S/C12H17NO/c14-6-5-11-3-1-2-4-12(11)7-10-8-13-9-10/h1-4,10,13-14H,5-9H2. The van der Waals surface area contributed by atoms with E-state index in [1.165, 1.54) is 11.1 Å². The van der Waals surface area contributed by atoms with Gasteiger partial charge in [-0.2, -0.15) is 0 Å². The maximum Gasteiger partial charge on any atom is 0.0471 e. The minimum atomic E-state index is 0.250. The maximum absolute atomic E-state index is 8.94. The van der Waals surface area contributed by atoms with Gasteiger partial charge in [0.15, 0.2) is 0 Å². The number of rotatable bonds is 4. The molecule has 0 atom stereocenters.